The van der Waals surface area contributed by atoms with Gasteiger partial charge < -0.3 is 35.3 Å². The first kappa shape index (κ1) is 32.2. The maximum atomic E-state index is 13.6. The number of nitrogens with one attached hydrogen (secondary N) is 2. The second-order valence-electron chi connectivity index (χ2n) is 9.21. The van der Waals surface area contributed by atoms with Crippen LogP contribution in [0.5, 0.6) is 0 Å². The van der Waals surface area contributed by atoms with Crippen LogP contribution in [-0.4, -0.2) is 86.6 Å². The number of aliphatic imine (C=N–C) groups is 1. The van der Waals surface area contributed by atoms with Crippen LogP contribution in [0.1, 0.15) is 42.7 Å². The zero-order valence-corrected chi connectivity index (χ0v) is 25.1. The molecular weight excluding hydrogens is 534 g/mol. The zero-order chi connectivity index (χ0) is 30.5. The molecule has 0 spiro atoms. The minimum atomic E-state index is -0.338. The number of carbonyl (C=O) groups excluding carboxylic acids is 1. The third-order valence-electron chi connectivity index (χ3n) is 6.79. The van der Waals surface area contributed by atoms with E-state index in [0.717, 1.165) is 39.0 Å². The van der Waals surface area contributed by atoms with Crippen LogP contribution in [0.4, 0.5) is 17.7 Å². The average molecular weight is 578 g/mol. The monoisotopic (exact) mass is 577 g/mol. The van der Waals surface area contributed by atoms with E-state index in [-0.39, 0.29) is 12.0 Å². The first-order valence-corrected chi connectivity index (χ1v) is 14.3. The number of anilines is 3. The normalized spacial score (nSPS) is 16.0. The molecule has 3 aromatic heterocycles. The van der Waals surface area contributed by atoms with Gasteiger partial charge in [-0.2, -0.15) is 4.98 Å². The lowest BCUT2D eigenvalue weighted by atomic mass is 10.1. The molecule has 2 fully saturated rings. The maximum absolute atomic E-state index is 13.6. The lowest BCUT2D eigenvalue weighted by Gasteiger charge is -2.32. The molecule has 0 saturated carbocycles. The molecule has 12 nitrogen and oxygen atoms in total. The Morgan fingerprint density at radius 3 is 2.50 bits per heavy atom. The molecule has 0 unspecified atom stereocenters. The van der Waals surface area contributed by atoms with Gasteiger partial charge in [0.25, 0.3) is 11.9 Å². The molecule has 1 amide bonds. The molecule has 0 atom stereocenters. The molecule has 3 aromatic rings. The second-order valence-corrected chi connectivity index (χ2v) is 9.21. The molecule has 0 radical (unpaired) electrons. The van der Waals surface area contributed by atoms with E-state index in [1.54, 1.807) is 44.6 Å². The smallest absolute Gasteiger partial charge is 0.300 e. The van der Waals surface area contributed by atoms with Crippen LogP contribution in [0.25, 0.3) is 16.8 Å². The van der Waals surface area contributed by atoms with Gasteiger partial charge in [-0.25, -0.2) is 9.97 Å². The number of fused-ring (bicyclic) bond motifs is 1. The lowest BCUT2D eigenvalue weighted by molar-refractivity contribution is 0.0817. The van der Waals surface area contributed by atoms with Gasteiger partial charge in [-0.15, -0.1) is 13.2 Å². The van der Waals surface area contributed by atoms with Crippen molar-refractivity contribution in [1.29, 1.82) is 0 Å². The number of oxazole rings is 1. The van der Waals surface area contributed by atoms with Crippen LogP contribution < -0.4 is 26.2 Å². The molecule has 2 saturated heterocycles. The fraction of sp³-hybridized carbons (Fsp3) is 0.433. The Morgan fingerprint density at radius 2 is 1.86 bits per heavy atom. The Kier molecular flexibility index (Phi) is 12.5. The number of piperazine rings is 1. The molecule has 0 bridgehead atoms. The number of allylic oxidation sites excluding steroid dienone is 1. The number of hydrogen-bond donors (Lipinski definition) is 3. The van der Waals surface area contributed by atoms with E-state index >= 15 is 0 Å². The number of nitrogens with zero attached hydrogens (tertiary/aromatic N) is 6. The molecule has 0 aromatic carbocycles. The Hall–Kier alpha value is -4.29. The summed E-state index contributed by atoms with van der Waals surface area (Å²) < 4.78 is 11.6. The number of nitrogens with two attached hydrogens (primary N) is 1. The summed E-state index contributed by atoms with van der Waals surface area (Å²) in [5.41, 5.74) is 8.33. The van der Waals surface area contributed by atoms with Gasteiger partial charge in [0.1, 0.15) is 11.6 Å². The van der Waals surface area contributed by atoms with Crippen LogP contribution in [0.2, 0.25) is 0 Å². The topological polar surface area (TPSA) is 147 Å². The first-order valence-electron chi connectivity index (χ1n) is 14.3. The van der Waals surface area contributed by atoms with E-state index in [0.29, 0.717) is 58.8 Å². The molecule has 5 heterocycles. The first-order chi connectivity index (χ1) is 20.6. The van der Waals surface area contributed by atoms with Crippen molar-refractivity contribution in [3.05, 3.63) is 54.9 Å². The van der Waals surface area contributed by atoms with Crippen LogP contribution in [-0.2, 0) is 4.74 Å². The largest absolute Gasteiger partial charge is 0.422 e. The van der Waals surface area contributed by atoms with Crippen molar-refractivity contribution in [2.45, 2.75) is 32.8 Å². The summed E-state index contributed by atoms with van der Waals surface area (Å²) in [6.07, 6.45) is 4.94. The van der Waals surface area contributed by atoms with E-state index in [1.807, 2.05) is 13.8 Å². The second kappa shape index (κ2) is 16.2. The molecule has 2 aliphatic heterocycles. The molecule has 42 heavy (non-hydrogen) atoms. The highest BCUT2D eigenvalue weighted by atomic mass is 16.5. The van der Waals surface area contributed by atoms with Gasteiger partial charge in [-0.3, -0.25) is 9.79 Å². The van der Waals surface area contributed by atoms with Crippen molar-refractivity contribution in [2.75, 3.05) is 68.5 Å². The molecule has 12 heteroatoms. The fourth-order valence-electron chi connectivity index (χ4n) is 4.73. The summed E-state index contributed by atoms with van der Waals surface area (Å²) >= 11 is 0. The van der Waals surface area contributed by atoms with Crippen molar-refractivity contribution in [3.63, 3.8) is 0 Å². The fourth-order valence-corrected chi connectivity index (χ4v) is 4.73. The zero-order valence-electron chi connectivity index (χ0n) is 25.1. The van der Waals surface area contributed by atoms with Gasteiger partial charge >= 0.3 is 0 Å². The number of aromatic nitrogens is 3. The Labute approximate surface area is 247 Å². The number of methoxy groups -OCH3 is 1. The summed E-state index contributed by atoms with van der Waals surface area (Å²) in [7, 11) is 3.39. The van der Waals surface area contributed by atoms with Gasteiger partial charge in [0, 0.05) is 77.5 Å². The predicted molar refractivity (Wildman–Crippen MR) is 171 cm³/mol. The number of carbonyl (C=O) groups is 1. The number of ether oxygens (including phenoxy) is 1. The van der Waals surface area contributed by atoms with Crippen molar-refractivity contribution in [1.82, 2.24) is 20.3 Å². The van der Waals surface area contributed by atoms with Crippen LogP contribution in [0.15, 0.2) is 53.0 Å². The molecule has 226 valence electrons. The van der Waals surface area contributed by atoms with Crippen LogP contribution >= 0.6 is 0 Å². The number of piperidine rings is 1. The van der Waals surface area contributed by atoms with E-state index in [4.69, 9.17) is 19.9 Å². The summed E-state index contributed by atoms with van der Waals surface area (Å²) in [6, 6.07) is 7.59. The summed E-state index contributed by atoms with van der Waals surface area (Å²) in [6.45, 7) is 14.7. The minimum Gasteiger partial charge on any atom is -0.422 e. The van der Waals surface area contributed by atoms with Gasteiger partial charge in [-0.05, 0) is 25.0 Å². The third-order valence-corrected chi connectivity index (χ3v) is 6.79. The average Bonchev–Trinajstić information content (AvgIpc) is 3.49. The summed E-state index contributed by atoms with van der Waals surface area (Å²) in [4.78, 5) is 35.9. The number of rotatable bonds is 7. The van der Waals surface area contributed by atoms with E-state index in [2.05, 4.69) is 48.6 Å². The van der Waals surface area contributed by atoms with Gasteiger partial charge in [0.15, 0.2) is 5.58 Å². The molecule has 0 aliphatic carbocycles. The highest BCUT2D eigenvalue weighted by Crippen LogP contribution is 2.30. The van der Waals surface area contributed by atoms with Gasteiger partial charge in [-0.1, -0.05) is 19.9 Å². The molecular formula is C30H43N9O3. The number of hydrogen-bond acceptors (Lipinski definition) is 11. The maximum Gasteiger partial charge on any atom is 0.300 e. The van der Waals surface area contributed by atoms with E-state index < -0.39 is 0 Å². The third kappa shape index (κ3) is 7.71. The Morgan fingerprint density at radius 1 is 1.14 bits per heavy atom. The van der Waals surface area contributed by atoms with Gasteiger partial charge in [0.05, 0.1) is 17.4 Å². The van der Waals surface area contributed by atoms with Crippen molar-refractivity contribution >= 4 is 46.6 Å². The Bertz CT molecular complexity index is 1360. The van der Waals surface area contributed by atoms with Crippen LogP contribution in [0.3, 0.4) is 0 Å². The highest BCUT2D eigenvalue weighted by molar-refractivity contribution is 6.10. The molecule has 4 N–H and O–H groups in total. The lowest BCUT2D eigenvalue weighted by Crippen LogP contribution is -2.43. The summed E-state index contributed by atoms with van der Waals surface area (Å²) in [5, 5.41) is 6.25. The Balaban J connectivity index is 0.00000116. The van der Waals surface area contributed by atoms with Crippen molar-refractivity contribution < 1.29 is 13.9 Å². The van der Waals surface area contributed by atoms with E-state index in [1.165, 1.54) is 6.20 Å². The van der Waals surface area contributed by atoms with Crippen LogP contribution in [0, 0.1) is 0 Å². The number of amides is 1. The highest BCUT2D eigenvalue weighted by Gasteiger charge is 2.27. The van der Waals surface area contributed by atoms with Crippen molar-refractivity contribution in [3.8, 4) is 0 Å². The minimum absolute atomic E-state index is 0.196. The van der Waals surface area contributed by atoms with Gasteiger partial charge in [0.2, 0.25) is 5.65 Å². The quantitative estimate of drug-likeness (QED) is 0.280. The molecule has 5 rings (SSSR count). The number of pyridine rings is 2. The summed E-state index contributed by atoms with van der Waals surface area (Å²) in [5.74, 6) is 0.622. The molecule has 2 aliphatic rings. The van der Waals surface area contributed by atoms with Crippen molar-refractivity contribution in [2.24, 2.45) is 10.7 Å². The van der Waals surface area contributed by atoms with E-state index in [9.17, 15) is 4.79 Å². The predicted octanol–water partition coefficient (Wildman–Crippen LogP) is 3.72. The standard InChI is InChI=1S/C26H33N9O3.C2H6.C2H4/c1-28-16-17(15-27)20-4-3-5-22(30-20)31-25(36)19-14-21-23(33-26(38-21)35-12-8-29-9-13-35)32-24(19)34-10-6-18(37-2)7-11-34;2*1-2/h3-5,14-16,18,29H,6-13,27H2,1-2H3,(H,30,31,36);1-2H3;1-2H2/b17-15+,28-16?;;. The SMILES string of the molecule is C=C.CC.CN=C/C(=C\N)c1cccc(NC(=O)c2cc3oc(N4CCNCC4)nc3nc2N2CCC(OC)CC2)n1.